The molecule has 0 saturated heterocycles. The predicted molar refractivity (Wildman–Crippen MR) is 68.0 cm³/mol. The molecular weight excluding hydrogens is 184 g/mol. The van der Waals surface area contributed by atoms with E-state index >= 15 is 0 Å². The Hall–Kier alpha value is -0.980. The van der Waals surface area contributed by atoms with E-state index < -0.39 is 0 Å². The highest BCUT2D eigenvalue weighted by Gasteiger charge is 1.88. The summed E-state index contributed by atoms with van der Waals surface area (Å²) in [5.41, 5.74) is 0. The second-order valence-corrected chi connectivity index (χ2v) is 3.68. The molecule has 0 aliphatic carbocycles. The van der Waals surface area contributed by atoms with Crippen LogP contribution in [0.2, 0.25) is 0 Å². The molecule has 0 aliphatic rings. The van der Waals surface area contributed by atoms with Crippen molar-refractivity contribution in [1.82, 2.24) is 0 Å². The van der Waals surface area contributed by atoms with Gasteiger partial charge in [0.05, 0.1) is 6.26 Å². The van der Waals surface area contributed by atoms with E-state index in [9.17, 15) is 0 Å². The minimum atomic E-state index is 1.07. The van der Waals surface area contributed by atoms with Crippen LogP contribution in [-0.4, -0.2) is 5.11 Å². The quantitative estimate of drug-likeness (QED) is 0.247. The van der Waals surface area contributed by atoms with Crippen LogP contribution >= 0.6 is 0 Å². The van der Waals surface area contributed by atoms with Crippen LogP contribution in [0.25, 0.3) is 0 Å². The molecule has 0 radical (unpaired) electrons. The van der Waals surface area contributed by atoms with Gasteiger partial charge in [-0.25, -0.2) is 0 Å². The van der Waals surface area contributed by atoms with Gasteiger partial charge in [0.15, 0.2) is 0 Å². The molecule has 0 saturated carbocycles. The summed E-state index contributed by atoms with van der Waals surface area (Å²) in [4.78, 5) is 0. The van der Waals surface area contributed by atoms with Gasteiger partial charge in [-0.05, 0) is 38.7 Å². The molecule has 1 nitrogen and oxygen atoms in total. The summed E-state index contributed by atoms with van der Waals surface area (Å²) in [5.74, 6) is 0. The molecule has 0 aromatic heterocycles. The minimum Gasteiger partial charge on any atom is -0.516 e. The Morgan fingerprint density at radius 2 is 1.40 bits per heavy atom. The molecule has 0 amide bonds. The van der Waals surface area contributed by atoms with Crippen LogP contribution in [0.4, 0.5) is 0 Å². The molecule has 1 N–H and O–H groups in total. The SMILES string of the molecule is CC=CCCCCCCCC=CC=CO. The lowest BCUT2D eigenvalue weighted by atomic mass is 10.1. The van der Waals surface area contributed by atoms with Gasteiger partial charge in [-0.2, -0.15) is 0 Å². The molecule has 0 spiro atoms. The Balaban J connectivity index is 3.05. The molecule has 0 unspecified atom stereocenters. The summed E-state index contributed by atoms with van der Waals surface area (Å²) in [6.07, 6.45) is 20.1. The van der Waals surface area contributed by atoms with Gasteiger partial charge in [0.25, 0.3) is 0 Å². The van der Waals surface area contributed by atoms with Crippen molar-refractivity contribution in [1.29, 1.82) is 0 Å². The van der Waals surface area contributed by atoms with E-state index in [0.717, 1.165) is 12.7 Å². The van der Waals surface area contributed by atoms with E-state index in [2.05, 4.69) is 25.2 Å². The summed E-state index contributed by atoms with van der Waals surface area (Å²) in [6.45, 7) is 2.08. The van der Waals surface area contributed by atoms with Crippen molar-refractivity contribution in [3.63, 3.8) is 0 Å². The number of unbranched alkanes of at least 4 members (excludes halogenated alkanes) is 6. The highest BCUT2D eigenvalue weighted by Crippen LogP contribution is 2.07. The molecule has 0 heterocycles. The van der Waals surface area contributed by atoms with Gasteiger partial charge in [0.1, 0.15) is 0 Å². The maximum absolute atomic E-state index is 8.37. The number of aliphatic hydroxyl groups excluding tert-OH is 1. The highest BCUT2D eigenvalue weighted by molar-refractivity contribution is 4.98. The lowest BCUT2D eigenvalue weighted by Gasteiger charge is -1.97. The first kappa shape index (κ1) is 14.0. The topological polar surface area (TPSA) is 20.2 Å². The zero-order chi connectivity index (χ0) is 11.2. The van der Waals surface area contributed by atoms with Gasteiger partial charge in [0.2, 0.25) is 0 Å². The summed E-state index contributed by atoms with van der Waals surface area (Å²) < 4.78 is 0. The standard InChI is InChI=1S/C14H24O/c1-2-3-4-5-6-7-8-9-10-11-12-13-14-15/h2-3,11-15H,4-10H2,1H3. The molecule has 0 aliphatic heterocycles. The Labute approximate surface area is 94.2 Å². The largest absolute Gasteiger partial charge is 0.516 e. The van der Waals surface area contributed by atoms with Crippen LogP contribution in [-0.2, 0) is 0 Å². The zero-order valence-electron chi connectivity index (χ0n) is 9.86. The van der Waals surface area contributed by atoms with Gasteiger partial charge in [-0.1, -0.05) is 43.6 Å². The van der Waals surface area contributed by atoms with E-state index in [4.69, 9.17) is 5.11 Å². The minimum absolute atomic E-state index is 1.07. The van der Waals surface area contributed by atoms with Crippen LogP contribution in [0, 0.1) is 0 Å². The molecule has 0 rings (SSSR count). The van der Waals surface area contributed by atoms with E-state index in [1.165, 1.54) is 38.5 Å². The van der Waals surface area contributed by atoms with Gasteiger partial charge in [-0.15, -0.1) is 0 Å². The van der Waals surface area contributed by atoms with E-state index in [1.807, 2.05) is 6.08 Å². The molecule has 0 aromatic rings. The number of hydrogen-bond donors (Lipinski definition) is 1. The third kappa shape index (κ3) is 13.0. The molecule has 86 valence electrons. The molecule has 1 heteroatoms. The predicted octanol–water partition coefficient (Wildman–Crippen LogP) is 4.92. The van der Waals surface area contributed by atoms with Crippen molar-refractivity contribution >= 4 is 0 Å². The average molecular weight is 208 g/mol. The fraction of sp³-hybridized carbons (Fsp3) is 0.571. The van der Waals surface area contributed by atoms with E-state index in [-0.39, 0.29) is 0 Å². The molecular formula is C14H24O. The average Bonchev–Trinajstić information content (AvgIpc) is 2.26. The van der Waals surface area contributed by atoms with Crippen molar-refractivity contribution in [2.24, 2.45) is 0 Å². The molecule has 15 heavy (non-hydrogen) atoms. The summed E-state index contributed by atoms with van der Waals surface area (Å²) in [6, 6.07) is 0. The zero-order valence-corrected chi connectivity index (χ0v) is 9.86. The van der Waals surface area contributed by atoms with Gasteiger partial charge in [0, 0.05) is 0 Å². The highest BCUT2D eigenvalue weighted by atomic mass is 16.2. The van der Waals surface area contributed by atoms with Crippen LogP contribution < -0.4 is 0 Å². The smallest absolute Gasteiger partial charge is 0.0791 e. The van der Waals surface area contributed by atoms with Gasteiger partial charge < -0.3 is 5.11 Å². The third-order valence-corrected chi connectivity index (χ3v) is 2.31. The molecule has 0 atom stereocenters. The van der Waals surface area contributed by atoms with Crippen molar-refractivity contribution in [2.75, 3.05) is 0 Å². The Morgan fingerprint density at radius 1 is 0.800 bits per heavy atom. The summed E-state index contributed by atoms with van der Waals surface area (Å²) >= 11 is 0. The maximum atomic E-state index is 8.37. The number of rotatable bonds is 9. The monoisotopic (exact) mass is 208 g/mol. The van der Waals surface area contributed by atoms with Crippen LogP contribution in [0.3, 0.4) is 0 Å². The summed E-state index contributed by atoms with van der Waals surface area (Å²) in [7, 11) is 0. The lowest BCUT2D eigenvalue weighted by molar-refractivity contribution is 0.473. The van der Waals surface area contributed by atoms with Gasteiger partial charge in [-0.3, -0.25) is 0 Å². The van der Waals surface area contributed by atoms with Crippen LogP contribution in [0.5, 0.6) is 0 Å². The second-order valence-electron chi connectivity index (χ2n) is 3.68. The van der Waals surface area contributed by atoms with E-state index in [1.54, 1.807) is 6.08 Å². The Morgan fingerprint density at radius 3 is 2.00 bits per heavy atom. The first-order chi connectivity index (χ1) is 7.41. The second kappa shape index (κ2) is 13.0. The number of aliphatic hydroxyl groups is 1. The van der Waals surface area contributed by atoms with E-state index in [0.29, 0.717) is 0 Å². The fourth-order valence-electron chi connectivity index (χ4n) is 1.45. The fourth-order valence-corrected chi connectivity index (χ4v) is 1.45. The van der Waals surface area contributed by atoms with Crippen molar-refractivity contribution < 1.29 is 5.11 Å². The van der Waals surface area contributed by atoms with Gasteiger partial charge >= 0.3 is 0 Å². The first-order valence-corrected chi connectivity index (χ1v) is 5.99. The Kier molecular flexibility index (Phi) is 12.2. The number of allylic oxidation sites excluding steroid dienone is 5. The normalized spacial score (nSPS) is 12.3. The van der Waals surface area contributed by atoms with Crippen LogP contribution in [0.15, 0.2) is 36.6 Å². The Bertz CT molecular complexity index is 190. The van der Waals surface area contributed by atoms with Crippen molar-refractivity contribution in [2.45, 2.75) is 51.9 Å². The van der Waals surface area contributed by atoms with Crippen molar-refractivity contribution in [3.05, 3.63) is 36.6 Å². The van der Waals surface area contributed by atoms with Crippen molar-refractivity contribution in [3.8, 4) is 0 Å². The number of hydrogen-bond acceptors (Lipinski definition) is 1. The molecule has 0 bridgehead atoms. The maximum Gasteiger partial charge on any atom is 0.0791 e. The lowest BCUT2D eigenvalue weighted by Crippen LogP contribution is -1.78. The molecule has 0 aromatic carbocycles. The third-order valence-electron chi connectivity index (χ3n) is 2.31. The summed E-state index contributed by atoms with van der Waals surface area (Å²) in [5, 5.41) is 8.37. The molecule has 0 fully saturated rings. The van der Waals surface area contributed by atoms with Crippen LogP contribution in [0.1, 0.15) is 51.9 Å². The first-order valence-electron chi connectivity index (χ1n) is 5.99.